The van der Waals surface area contributed by atoms with Gasteiger partial charge in [-0.25, -0.2) is 4.79 Å². The molecule has 0 fully saturated rings. The van der Waals surface area contributed by atoms with Crippen LogP contribution >= 0.6 is 0 Å². The monoisotopic (exact) mass is 331 g/mol. The molecule has 2 N–H and O–H groups in total. The maximum absolute atomic E-state index is 12.5. The van der Waals surface area contributed by atoms with E-state index in [4.69, 9.17) is 0 Å². The summed E-state index contributed by atoms with van der Waals surface area (Å²) in [4.78, 5) is 39.5. The van der Waals surface area contributed by atoms with Crippen LogP contribution in [0.4, 0.5) is 0 Å². The lowest BCUT2D eigenvalue weighted by atomic mass is 10.1. The number of hydrogen-bond acceptors (Lipinski definition) is 3. The van der Waals surface area contributed by atoms with Crippen LogP contribution in [0.25, 0.3) is 10.9 Å². The molecule has 1 atom stereocenters. The molecule has 0 saturated heterocycles. The fraction of sp³-hybridized carbons (Fsp3) is 0.500. The fourth-order valence-electron chi connectivity index (χ4n) is 2.53. The highest BCUT2D eigenvalue weighted by molar-refractivity contribution is 5.97. The molecular formula is C18H25N3O3. The van der Waals surface area contributed by atoms with Crippen LogP contribution < -0.4 is 16.6 Å². The molecule has 1 heterocycles. The fourth-order valence-corrected chi connectivity index (χ4v) is 2.53. The van der Waals surface area contributed by atoms with Gasteiger partial charge in [0.15, 0.2) is 0 Å². The van der Waals surface area contributed by atoms with Gasteiger partial charge in [-0.05, 0) is 38.0 Å². The summed E-state index contributed by atoms with van der Waals surface area (Å²) in [5, 5.41) is 3.29. The average Bonchev–Trinajstić information content (AvgIpc) is 2.57. The zero-order chi connectivity index (χ0) is 17.7. The molecule has 0 aliphatic rings. The molecule has 0 aliphatic heterocycles. The largest absolute Gasteiger partial charge is 0.350 e. The summed E-state index contributed by atoms with van der Waals surface area (Å²) in [6.45, 7) is 6.40. The van der Waals surface area contributed by atoms with Gasteiger partial charge >= 0.3 is 5.69 Å². The van der Waals surface area contributed by atoms with Gasteiger partial charge in [-0.1, -0.05) is 26.7 Å². The second kappa shape index (κ2) is 7.95. The third-order valence-electron chi connectivity index (χ3n) is 4.22. The van der Waals surface area contributed by atoms with Crippen molar-refractivity contribution in [2.45, 2.75) is 59.0 Å². The maximum atomic E-state index is 12.5. The molecule has 6 nitrogen and oxygen atoms in total. The van der Waals surface area contributed by atoms with Crippen LogP contribution in [-0.4, -0.2) is 21.5 Å². The summed E-state index contributed by atoms with van der Waals surface area (Å²) in [5.41, 5.74) is 0.0944. The molecule has 24 heavy (non-hydrogen) atoms. The van der Waals surface area contributed by atoms with Crippen molar-refractivity contribution in [3.8, 4) is 0 Å². The molecule has 0 radical (unpaired) electrons. The van der Waals surface area contributed by atoms with Crippen molar-refractivity contribution in [2.75, 3.05) is 0 Å². The Labute approximate surface area is 140 Å². The van der Waals surface area contributed by atoms with Crippen molar-refractivity contribution in [2.24, 2.45) is 0 Å². The van der Waals surface area contributed by atoms with Gasteiger partial charge in [-0.15, -0.1) is 0 Å². The number of unbranched alkanes of at least 4 members (excludes halogenated alkanes) is 2. The van der Waals surface area contributed by atoms with Crippen molar-refractivity contribution in [3.63, 3.8) is 0 Å². The highest BCUT2D eigenvalue weighted by atomic mass is 16.2. The molecule has 0 bridgehead atoms. The topological polar surface area (TPSA) is 84.0 Å². The summed E-state index contributed by atoms with van der Waals surface area (Å²) in [6, 6.07) is 4.86. The highest BCUT2D eigenvalue weighted by Gasteiger charge is 2.12. The lowest BCUT2D eigenvalue weighted by molar-refractivity contribution is 0.0939. The molecule has 0 aliphatic carbocycles. The van der Waals surface area contributed by atoms with E-state index in [1.807, 2.05) is 13.8 Å². The average molecular weight is 331 g/mol. The Bertz CT molecular complexity index is 835. The Morgan fingerprint density at radius 1 is 1.25 bits per heavy atom. The van der Waals surface area contributed by atoms with Crippen LogP contribution in [-0.2, 0) is 6.54 Å². The minimum atomic E-state index is -0.428. The summed E-state index contributed by atoms with van der Waals surface area (Å²) in [6.07, 6.45) is 3.62. The number of amides is 1. The Morgan fingerprint density at radius 3 is 2.67 bits per heavy atom. The third-order valence-corrected chi connectivity index (χ3v) is 4.22. The highest BCUT2D eigenvalue weighted by Crippen LogP contribution is 2.10. The van der Waals surface area contributed by atoms with Crippen molar-refractivity contribution < 1.29 is 4.79 Å². The number of rotatable bonds is 7. The summed E-state index contributed by atoms with van der Waals surface area (Å²) < 4.78 is 1.23. The van der Waals surface area contributed by atoms with Gasteiger partial charge in [0.25, 0.3) is 11.5 Å². The normalized spacial score (nSPS) is 12.3. The molecule has 6 heteroatoms. The first-order valence-corrected chi connectivity index (χ1v) is 8.55. The number of benzene rings is 1. The molecule has 1 aromatic carbocycles. The number of nitrogens with one attached hydrogen (secondary N) is 2. The second-order valence-corrected chi connectivity index (χ2v) is 6.14. The first-order chi connectivity index (χ1) is 11.5. The van der Waals surface area contributed by atoms with E-state index in [-0.39, 0.29) is 17.5 Å². The number of aromatic amines is 1. The van der Waals surface area contributed by atoms with Gasteiger partial charge in [0.1, 0.15) is 0 Å². The summed E-state index contributed by atoms with van der Waals surface area (Å²) >= 11 is 0. The van der Waals surface area contributed by atoms with Crippen molar-refractivity contribution in [1.82, 2.24) is 14.9 Å². The molecule has 2 aromatic rings. The van der Waals surface area contributed by atoms with Crippen LogP contribution in [0.2, 0.25) is 0 Å². The smallest absolute Gasteiger partial charge is 0.328 e. The molecule has 0 saturated carbocycles. The maximum Gasteiger partial charge on any atom is 0.328 e. The molecule has 130 valence electrons. The van der Waals surface area contributed by atoms with Crippen LogP contribution in [0.1, 0.15) is 56.8 Å². The minimum Gasteiger partial charge on any atom is -0.350 e. The summed E-state index contributed by atoms with van der Waals surface area (Å²) in [7, 11) is 0. The van der Waals surface area contributed by atoms with E-state index in [2.05, 4.69) is 17.2 Å². The predicted octanol–water partition coefficient (Wildman–Crippen LogP) is 2.41. The van der Waals surface area contributed by atoms with Crippen LogP contribution in [0, 0.1) is 0 Å². The second-order valence-electron chi connectivity index (χ2n) is 6.14. The van der Waals surface area contributed by atoms with E-state index < -0.39 is 5.69 Å². The zero-order valence-electron chi connectivity index (χ0n) is 14.5. The van der Waals surface area contributed by atoms with Gasteiger partial charge in [0, 0.05) is 18.2 Å². The van der Waals surface area contributed by atoms with E-state index in [1.54, 1.807) is 18.2 Å². The Kier molecular flexibility index (Phi) is 5.95. The lowest BCUT2D eigenvalue weighted by Gasteiger charge is -2.12. The molecule has 1 unspecified atom stereocenters. The standard InChI is InChI=1S/C18H25N3O3/c1-4-6-7-10-21-17(23)14-9-8-13(11-15(14)20-18(21)24)16(22)19-12(3)5-2/h8-9,11-12H,4-7,10H2,1-3H3,(H,19,22)(H,20,24). The lowest BCUT2D eigenvalue weighted by Crippen LogP contribution is -2.35. The first kappa shape index (κ1) is 18.0. The molecular weight excluding hydrogens is 306 g/mol. The number of carbonyl (C=O) groups is 1. The van der Waals surface area contributed by atoms with E-state index in [1.165, 1.54) is 4.57 Å². The third kappa shape index (κ3) is 3.93. The Morgan fingerprint density at radius 2 is 2.00 bits per heavy atom. The quantitative estimate of drug-likeness (QED) is 0.764. The predicted molar refractivity (Wildman–Crippen MR) is 95.6 cm³/mol. The van der Waals surface area contributed by atoms with Gasteiger partial charge < -0.3 is 10.3 Å². The molecule has 2 rings (SSSR count). The SMILES string of the molecule is CCCCCn1c(=O)[nH]c2cc(C(=O)NC(C)CC)ccc2c1=O. The van der Waals surface area contributed by atoms with Gasteiger partial charge in [-0.2, -0.15) is 0 Å². The van der Waals surface area contributed by atoms with Gasteiger partial charge in [0.2, 0.25) is 0 Å². The van der Waals surface area contributed by atoms with Crippen LogP contribution in [0.3, 0.4) is 0 Å². The van der Waals surface area contributed by atoms with E-state index in [9.17, 15) is 14.4 Å². The van der Waals surface area contributed by atoms with Gasteiger partial charge in [0.05, 0.1) is 10.9 Å². The number of H-pyrrole nitrogens is 1. The molecule has 0 spiro atoms. The Balaban J connectivity index is 2.37. The number of hydrogen-bond donors (Lipinski definition) is 2. The zero-order valence-corrected chi connectivity index (χ0v) is 14.5. The molecule has 1 aromatic heterocycles. The van der Waals surface area contributed by atoms with Crippen LogP contribution in [0.15, 0.2) is 27.8 Å². The number of nitrogens with zero attached hydrogens (tertiary/aromatic N) is 1. The number of aromatic nitrogens is 2. The van der Waals surface area contributed by atoms with Crippen molar-refractivity contribution in [1.29, 1.82) is 0 Å². The number of carbonyl (C=O) groups excluding carboxylic acids is 1. The minimum absolute atomic E-state index is 0.0683. The Hall–Kier alpha value is -2.37. The van der Waals surface area contributed by atoms with E-state index in [0.717, 1.165) is 25.7 Å². The van der Waals surface area contributed by atoms with E-state index in [0.29, 0.717) is 23.0 Å². The van der Waals surface area contributed by atoms with Crippen molar-refractivity contribution >= 4 is 16.8 Å². The van der Waals surface area contributed by atoms with Gasteiger partial charge in [-0.3, -0.25) is 14.2 Å². The first-order valence-electron chi connectivity index (χ1n) is 8.55. The summed E-state index contributed by atoms with van der Waals surface area (Å²) in [5.74, 6) is -0.209. The van der Waals surface area contributed by atoms with E-state index >= 15 is 0 Å². The van der Waals surface area contributed by atoms with Crippen molar-refractivity contribution in [3.05, 3.63) is 44.6 Å². The molecule has 1 amide bonds. The van der Waals surface area contributed by atoms with Crippen LogP contribution in [0.5, 0.6) is 0 Å². The number of fused-ring (bicyclic) bond motifs is 1.